The second-order valence-corrected chi connectivity index (χ2v) is 5.29. The number of ether oxygens (including phenoxy) is 2. The Morgan fingerprint density at radius 1 is 1.13 bits per heavy atom. The average molecular weight is 312 g/mol. The molecule has 0 saturated heterocycles. The summed E-state index contributed by atoms with van der Waals surface area (Å²) in [5, 5.41) is 6.20. The molecule has 5 nitrogen and oxygen atoms in total. The van der Waals surface area contributed by atoms with Crippen molar-refractivity contribution in [1.82, 2.24) is 5.32 Å². The summed E-state index contributed by atoms with van der Waals surface area (Å²) in [6.45, 7) is 3.83. The first-order valence-corrected chi connectivity index (χ1v) is 7.76. The summed E-state index contributed by atoms with van der Waals surface area (Å²) in [7, 11) is 0. The summed E-state index contributed by atoms with van der Waals surface area (Å²) in [5.74, 6) is 1.06. The van der Waals surface area contributed by atoms with Crippen molar-refractivity contribution in [2.45, 2.75) is 19.6 Å². The van der Waals surface area contributed by atoms with Crippen LogP contribution in [0.2, 0.25) is 0 Å². The molecule has 1 aliphatic rings. The van der Waals surface area contributed by atoms with Gasteiger partial charge in [0.05, 0.1) is 0 Å². The zero-order chi connectivity index (χ0) is 16.1. The number of carbonyl (C=O) groups is 1. The van der Waals surface area contributed by atoms with Gasteiger partial charge in [0.2, 0.25) is 6.10 Å². The van der Waals surface area contributed by atoms with Gasteiger partial charge in [-0.1, -0.05) is 37.3 Å². The lowest BCUT2D eigenvalue weighted by molar-refractivity contribution is -0.125. The summed E-state index contributed by atoms with van der Waals surface area (Å²) < 4.78 is 11.3. The quantitative estimate of drug-likeness (QED) is 0.891. The van der Waals surface area contributed by atoms with Gasteiger partial charge in [-0.25, -0.2) is 0 Å². The summed E-state index contributed by atoms with van der Waals surface area (Å²) >= 11 is 0. The first kappa shape index (κ1) is 15.4. The van der Waals surface area contributed by atoms with Crippen molar-refractivity contribution < 1.29 is 14.3 Å². The van der Waals surface area contributed by atoms with Gasteiger partial charge in [0.1, 0.15) is 6.61 Å². The lowest BCUT2D eigenvalue weighted by Gasteiger charge is -2.25. The lowest BCUT2D eigenvalue weighted by Crippen LogP contribution is -2.40. The van der Waals surface area contributed by atoms with E-state index in [0.29, 0.717) is 18.0 Å². The van der Waals surface area contributed by atoms with Crippen LogP contribution in [-0.2, 0) is 11.3 Å². The molecule has 1 heterocycles. The first-order chi connectivity index (χ1) is 11.3. The Labute approximate surface area is 135 Å². The van der Waals surface area contributed by atoms with Crippen LogP contribution >= 0.6 is 0 Å². The van der Waals surface area contributed by atoms with Crippen LogP contribution in [0.5, 0.6) is 11.5 Å². The zero-order valence-electron chi connectivity index (χ0n) is 13.0. The maximum atomic E-state index is 12.5. The molecule has 120 valence electrons. The fourth-order valence-corrected chi connectivity index (χ4v) is 2.42. The van der Waals surface area contributed by atoms with Gasteiger partial charge in [0.15, 0.2) is 11.5 Å². The minimum atomic E-state index is -0.655. The van der Waals surface area contributed by atoms with Crippen molar-refractivity contribution in [1.29, 1.82) is 0 Å². The molecule has 0 aromatic heterocycles. The van der Waals surface area contributed by atoms with Crippen molar-refractivity contribution in [2.24, 2.45) is 0 Å². The van der Waals surface area contributed by atoms with E-state index in [9.17, 15) is 4.79 Å². The number of para-hydroxylation sites is 3. The van der Waals surface area contributed by atoms with Crippen LogP contribution in [0.25, 0.3) is 0 Å². The van der Waals surface area contributed by atoms with Crippen LogP contribution in [0.3, 0.4) is 0 Å². The number of hydrogen-bond acceptors (Lipinski definition) is 4. The van der Waals surface area contributed by atoms with Gasteiger partial charge in [0, 0.05) is 12.2 Å². The average Bonchev–Trinajstić information content (AvgIpc) is 2.60. The van der Waals surface area contributed by atoms with Gasteiger partial charge >= 0.3 is 0 Å². The minimum absolute atomic E-state index is 0.205. The molecule has 0 saturated carbocycles. The molecule has 1 aliphatic heterocycles. The molecule has 0 aliphatic carbocycles. The Morgan fingerprint density at radius 3 is 2.70 bits per heavy atom. The SMILES string of the molecule is CCNCc1ccccc1NC(=O)C1COc2ccccc2O1. The molecular formula is C18H20N2O3. The van der Waals surface area contributed by atoms with Gasteiger partial charge in [-0.05, 0) is 30.3 Å². The molecule has 1 atom stereocenters. The number of anilines is 1. The summed E-state index contributed by atoms with van der Waals surface area (Å²) in [4.78, 5) is 12.5. The number of rotatable bonds is 5. The van der Waals surface area contributed by atoms with E-state index in [1.54, 1.807) is 6.07 Å². The Hall–Kier alpha value is -2.53. The van der Waals surface area contributed by atoms with Gasteiger partial charge in [-0.15, -0.1) is 0 Å². The van der Waals surface area contributed by atoms with Crippen molar-refractivity contribution >= 4 is 11.6 Å². The predicted octanol–water partition coefficient (Wildman–Crippen LogP) is 2.57. The fourth-order valence-electron chi connectivity index (χ4n) is 2.42. The largest absolute Gasteiger partial charge is 0.485 e. The second-order valence-electron chi connectivity index (χ2n) is 5.29. The van der Waals surface area contributed by atoms with E-state index >= 15 is 0 Å². The molecule has 2 N–H and O–H groups in total. The van der Waals surface area contributed by atoms with E-state index in [1.165, 1.54) is 0 Å². The monoisotopic (exact) mass is 312 g/mol. The Balaban J connectivity index is 1.68. The van der Waals surface area contributed by atoms with Gasteiger partial charge in [-0.3, -0.25) is 4.79 Å². The number of fused-ring (bicyclic) bond motifs is 1. The Morgan fingerprint density at radius 2 is 1.87 bits per heavy atom. The van der Waals surface area contributed by atoms with Crippen LogP contribution < -0.4 is 20.1 Å². The van der Waals surface area contributed by atoms with Crippen LogP contribution in [-0.4, -0.2) is 25.2 Å². The molecule has 5 heteroatoms. The molecular weight excluding hydrogens is 292 g/mol. The molecule has 23 heavy (non-hydrogen) atoms. The van der Waals surface area contributed by atoms with Crippen LogP contribution in [0, 0.1) is 0 Å². The van der Waals surface area contributed by atoms with E-state index in [4.69, 9.17) is 9.47 Å². The van der Waals surface area contributed by atoms with E-state index in [0.717, 1.165) is 17.8 Å². The van der Waals surface area contributed by atoms with Crippen molar-refractivity contribution in [2.75, 3.05) is 18.5 Å². The van der Waals surface area contributed by atoms with Crippen molar-refractivity contribution in [3.8, 4) is 11.5 Å². The molecule has 1 unspecified atom stereocenters. The summed E-state index contributed by atoms with van der Waals surface area (Å²) in [6, 6.07) is 15.1. The topological polar surface area (TPSA) is 59.6 Å². The standard InChI is InChI=1S/C18H20N2O3/c1-2-19-11-13-7-3-4-8-14(13)20-18(21)17-12-22-15-9-5-6-10-16(15)23-17/h3-10,17,19H,2,11-12H2,1H3,(H,20,21). The lowest BCUT2D eigenvalue weighted by atomic mass is 10.1. The normalized spacial score (nSPS) is 16.0. The third kappa shape index (κ3) is 3.63. The highest BCUT2D eigenvalue weighted by Crippen LogP contribution is 2.31. The Bertz CT molecular complexity index is 687. The number of carbonyl (C=O) groups excluding carboxylic acids is 1. The minimum Gasteiger partial charge on any atom is -0.485 e. The molecule has 2 aromatic carbocycles. The highest BCUT2D eigenvalue weighted by Gasteiger charge is 2.27. The van der Waals surface area contributed by atoms with Crippen molar-refractivity contribution in [3.05, 3.63) is 54.1 Å². The molecule has 2 aromatic rings. The molecule has 0 bridgehead atoms. The highest BCUT2D eigenvalue weighted by molar-refractivity contribution is 5.95. The predicted molar refractivity (Wildman–Crippen MR) is 88.8 cm³/mol. The number of nitrogens with one attached hydrogen (secondary N) is 2. The fraction of sp³-hybridized carbons (Fsp3) is 0.278. The molecule has 0 fully saturated rings. The zero-order valence-corrected chi connectivity index (χ0v) is 13.0. The van der Waals surface area contributed by atoms with E-state index in [1.807, 2.05) is 49.4 Å². The number of hydrogen-bond donors (Lipinski definition) is 2. The second kappa shape index (κ2) is 7.15. The third-order valence-electron chi connectivity index (χ3n) is 3.64. The number of amides is 1. The highest BCUT2D eigenvalue weighted by atomic mass is 16.6. The molecule has 0 radical (unpaired) electrons. The van der Waals surface area contributed by atoms with Gasteiger partial charge < -0.3 is 20.1 Å². The van der Waals surface area contributed by atoms with E-state index < -0.39 is 6.10 Å². The summed E-state index contributed by atoms with van der Waals surface area (Å²) in [5.41, 5.74) is 1.83. The Kier molecular flexibility index (Phi) is 4.78. The van der Waals surface area contributed by atoms with Gasteiger partial charge in [-0.2, -0.15) is 0 Å². The first-order valence-electron chi connectivity index (χ1n) is 7.76. The van der Waals surface area contributed by atoms with Crippen molar-refractivity contribution in [3.63, 3.8) is 0 Å². The van der Waals surface area contributed by atoms with Crippen LogP contribution in [0.4, 0.5) is 5.69 Å². The number of benzene rings is 2. The smallest absolute Gasteiger partial charge is 0.269 e. The molecule has 0 spiro atoms. The molecule has 3 rings (SSSR count). The van der Waals surface area contributed by atoms with Crippen LogP contribution in [0.15, 0.2) is 48.5 Å². The van der Waals surface area contributed by atoms with Gasteiger partial charge in [0.25, 0.3) is 5.91 Å². The third-order valence-corrected chi connectivity index (χ3v) is 3.64. The summed E-state index contributed by atoms with van der Waals surface area (Å²) in [6.07, 6.45) is -0.655. The maximum Gasteiger partial charge on any atom is 0.269 e. The van der Waals surface area contributed by atoms with E-state index in [2.05, 4.69) is 10.6 Å². The maximum absolute atomic E-state index is 12.5. The van der Waals surface area contributed by atoms with Crippen LogP contribution in [0.1, 0.15) is 12.5 Å². The van der Waals surface area contributed by atoms with E-state index in [-0.39, 0.29) is 12.5 Å². The molecule has 1 amide bonds.